The number of nitrogens with zero attached hydrogens (tertiary/aromatic N) is 1. The van der Waals surface area contributed by atoms with Gasteiger partial charge in [-0.05, 0) is 77.2 Å². The fourth-order valence-corrected chi connectivity index (χ4v) is 4.11. The van der Waals surface area contributed by atoms with Gasteiger partial charge in [-0.2, -0.15) is 0 Å². The summed E-state index contributed by atoms with van der Waals surface area (Å²) in [6, 6.07) is 8.34. The number of carbonyl (C=O) groups excluding carboxylic acids is 1. The molecule has 12 heteroatoms. The Kier molecular flexibility index (Phi) is 7.59. The molecule has 0 fully saturated rings. The minimum absolute atomic E-state index is 0.105. The summed E-state index contributed by atoms with van der Waals surface area (Å²) in [6.45, 7) is 0. The van der Waals surface area contributed by atoms with E-state index in [1.165, 1.54) is 37.7 Å². The summed E-state index contributed by atoms with van der Waals surface area (Å²) in [4.78, 5) is 16.1. The van der Waals surface area contributed by atoms with Crippen molar-refractivity contribution in [3.63, 3.8) is 0 Å². The molecule has 0 atom stereocenters. The van der Waals surface area contributed by atoms with Crippen molar-refractivity contribution in [3.05, 3.63) is 80.3 Å². The van der Waals surface area contributed by atoms with E-state index in [0.29, 0.717) is 9.13 Å². The topological polar surface area (TPSA) is 109 Å². The van der Waals surface area contributed by atoms with Crippen LogP contribution < -0.4 is 20.5 Å². The minimum atomic E-state index is -2.88. The van der Waals surface area contributed by atoms with Gasteiger partial charge < -0.3 is 15.8 Å². The van der Waals surface area contributed by atoms with Crippen LogP contribution in [0.25, 0.3) is 0 Å². The number of thiol groups is 1. The molecule has 0 aliphatic heterocycles. The fourth-order valence-electron chi connectivity index (χ4n) is 2.99. The van der Waals surface area contributed by atoms with Gasteiger partial charge in [-0.15, -0.1) is 0 Å². The third-order valence-corrected chi connectivity index (χ3v) is 6.89. The Bertz CT molecular complexity index is 1270. The molecule has 176 valence electrons. The molecule has 1 heterocycles. The van der Waals surface area contributed by atoms with Crippen molar-refractivity contribution in [3.8, 4) is 0 Å². The maximum absolute atomic E-state index is 15.0. The Morgan fingerprint density at radius 3 is 2.52 bits per heavy atom. The molecule has 1 aromatic heterocycles. The lowest BCUT2D eigenvalue weighted by molar-refractivity contribution is 0.100. The van der Waals surface area contributed by atoms with Crippen molar-refractivity contribution >= 4 is 56.0 Å². The van der Waals surface area contributed by atoms with Crippen molar-refractivity contribution < 1.29 is 22.2 Å². The highest BCUT2D eigenvalue weighted by atomic mass is 127. The van der Waals surface area contributed by atoms with Gasteiger partial charge in [0.05, 0.1) is 16.9 Å². The normalized spacial score (nSPS) is 11.8. The highest BCUT2D eigenvalue weighted by Crippen LogP contribution is 2.31. The summed E-state index contributed by atoms with van der Waals surface area (Å²) in [7, 11) is -1.35. The zero-order valence-corrected chi connectivity index (χ0v) is 20.6. The lowest BCUT2D eigenvalue weighted by atomic mass is 10.00. The highest BCUT2D eigenvalue weighted by molar-refractivity contribution is 14.1. The molecule has 0 saturated carbocycles. The number of carbonyl (C=O) groups is 1. The number of anilines is 3. The number of rotatable bonds is 8. The number of halogens is 4. The number of aromatic nitrogens is 1. The Balaban J connectivity index is 1.98. The van der Waals surface area contributed by atoms with Crippen LogP contribution in [-0.2, 0) is 16.7 Å². The zero-order valence-electron chi connectivity index (χ0n) is 17.5. The summed E-state index contributed by atoms with van der Waals surface area (Å²) in [5, 5.41) is 2.44. The van der Waals surface area contributed by atoms with E-state index < -0.39 is 39.4 Å². The number of nitrogens with two attached hydrogens (primary N) is 1. The molecular formula is C21H21F3IN5O2S. The van der Waals surface area contributed by atoms with Gasteiger partial charge in [0.2, 0.25) is 0 Å². The van der Waals surface area contributed by atoms with Gasteiger partial charge in [-0.1, -0.05) is 0 Å². The largest absolute Gasteiger partial charge is 0.366 e. The smallest absolute Gasteiger partial charge is 0.250 e. The molecule has 1 amide bonds. The second-order valence-electron chi connectivity index (χ2n) is 7.19. The first kappa shape index (κ1) is 24.9. The molecule has 3 aromatic rings. The van der Waals surface area contributed by atoms with Crippen LogP contribution in [0.3, 0.4) is 0 Å². The number of primary amides is 1. The summed E-state index contributed by atoms with van der Waals surface area (Å²) in [5.41, 5.74) is 4.75. The van der Waals surface area contributed by atoms with E-state index in [1.54, 1.807) is 12.1 Å². The Morgan fingerprint density at radius 2 is 1.88 bits per heavy atom. The molecule has 2 aromatic carbocycles. The molecule has 0 spiro atoms. The zero-order chi connectivity index (χ0) is 24.3. The predicted octanol–water partition coefficient (Wildman–Crippen LogP) is 3.64. The van der Waals surface area contributed by atoms with Crippen LogP contribution >= 0.6 is 22.6 Å². The molecule has 0 aliphatic carbocycles. The molecule has 0 saturated heterocycles. The quantitative estimate of drug-likeness (QED) is 0.204. The average Bonchev–Trinajstić information content (AvgIpc) is 2.74. The van der Waals surface area contributed by atoms with Crippen molar-refractivity contribution in [2.75, 3.05) is 23.3 Å². The number of hydrogen-bond acceptors (Lipinski definition) is 4. The van der Waals surface area contributed by atoms with E-state index >= 15 is 0 Å². The van der Waals surface area contributed by atoms with E-state index in [4.69, 9.17) is 5.73 Å². The van der Waals surface area contributed by atoms with Crippen molar-refractivity contribution in [1.29, 1.82) is 0 Å². The van der Waals surface area contributed by atoms with E-state index in [0.717, 1.165) is 6.07 Å². The Morgan fingerprint density at radius 1 is 1.15 bits per heavy atom. The number of hydrogen-bond donors (Lipinski definition) is 5. The summed E-state index contributed by atoms with van der Waals surface area (Å²) in [5.74, 6) is -4.01. The fraction of sp³-hybridized carbons (Fsp3) is 0.143. The van der Waals surface area contributed by atoms with Crippen molar-refractivity contribution in [1.82, 2.24) is 9.71 Å². The van der Waals surface area contributed by atoms with E-state index in [2.05, 4.69) is 19.7 Å². The Labute approximate surface area is 203 Å². The van der Waals surface area contributed by atoms with E-state index in [1.807, 2.05) is 22.6 Å². The standard InChI is InChI=1S/C21H21F3IN5O2S/c1-27-33(2,32)30-17-8-11(5-6-28-17)7-12-9-14(21(26)31)20(19(24)18(12)23)29-16-4-3-13(25)10-15(16)22/h3-6,8-10,29,33H,7H2,1-2H3,(H2,26,31)(H2,27,28,30,32). The Hall–Kier alpha value is -2.71. The summed E-state index contributed by atoms with van der Waals surface area (Å²) >= 11 is 1.90. The van der Waals surface area contributed by atoms with Gasteiger partial charge in [0.15, 0.2) is 11.6 Å². The molecule has 3 rings (SSSR count). The third-order valence-electron chi connectivity index (χ3n) is 4.71. The maximum Gasteiger partial charge on any atom is 0.250 e. The van der Waals surface area contributed by atoms with E-state index in [-0.39, 0.29) is 29.1 Å². The lowest BCUT2D eigenvalue weighted by Gasteiger charge is -2.20. The third kappa shape index (κ3) is 6.00. The van der Waals surface area contributed by atoms with Crippen LogP contribution in [0.1, 0.15) is 21.5 Å². The number of nitrogens with one attached hydrogen (secondary N) is 3. The summed E-state index contributed by atoms with van der Waals surface area (Å²) < 4.78 is 62.3. The van der Waals surface area contributed by atoms with Gasteiger partial charge in [-0.3, -0.25) is 9.00 Å². The van der Waals surface area contributed by atoms with Crippen LogP contribution in [0.5, 0.6) is 0 Å². The summed E-state index contributed by atoms with van der Waals surface area (Å²) in [6.07, 6.45) is 2.79. The van der Waals surface area contributed by atoms with E-state index in [9.17, 15) is 22.2 Å². The second kappa shape index (κ2) is 10.1. The van der Waals surface area contributed by atoms with Crippen LogP contribution in [-0.4, -0.2) is 28.4 Å². The lowest BCUT2D eigenvalue weighted by Crippen LogP contribution is -2.33. The van der Waals surface area contributed by atoms with Crippen molar-refractivity contribution in [2.45, 2.75) is 6.42 Å². The predicted molar refractivity (Wildman–Crippen MR) is 132 cm³/mol. The number of pyridine rings is 1. The first-order valence-electron chi connectivity index (χ1n) is 9.53. The van der Waals surface area contributed by atoms with Crippen LogP contribution in [0, 0.1) is 21.0 Å². The monoisotopic (exact) mass is 591 g/mol. The SMILES string of the molecule is CN[SH](C)(=O)Nc1cc(Cc2cc(C(N)=O)c(Nc3ccc(I)cc3F)c(F)c2F)ccn1. The second-order valence-corrected chi connectivity index (χ2v) is 11.0. The molecule has 0 aliphatic rings. The van der Waals surface area contributed by atoms with Gasteiger partial charge in [0, 0.05) is 32.7 Å². The van der Waals surface area contributed by atoms with Crippen molar-refractivity contribution in [2.24, 2.45) is 5.73 Å². The molecule has 0 bridgehead atoms. The maximum atomic E-state index is 15.0. The molecule has 7 nitrogen and oxygen atoms in total. The van der Waals surface area contributed by atoms with Gasteiger partial charge >= 0.3 is 0 Å². The number of amides is 1. The average molecular weight is 591 g/mol. The molecule has 0 unspecified atom stereocenters. The molecule has 5 N–H and O–H groups in total. The van der Waals surface area contributed by atoms with Crippen LogP contribution in [0.2, 0.25) is 0 Å². The highest BCUT2D eigenvalue weighted by Gasteiger charge is 2.22. The van der Waals surface area contributed by atoms with Gasteiger partial charge in [0.25, 0.3) is 5.91 Å². The first-order chi connectivity index (χ1) is 15.5. The van der Waals surface area contributed by atoms with Crippen LogP contribution in [0.15, 0.2) is 42.6 Å². The first-order valence-corrected chi connectivity index (χ1v) is 12.8. The van der Waals surface area contributed by atoms with Crippen LogP contribution in [0.4, 0.5) is 30.4 Å². The number of benzene rings is 2. The van der Waals surface area contributed by atoms with Gasteiger partial charge in [-0.25, -0.2) is 22.9 Å². The molecular weight excluding hydrogens is 570 g/mol. The van der Waals surface area contributed by atoms with Gasteiger partial charge in [0.1, 0.15) is 11.6 Å². The minimum Gasteiger partial charge on any atom is -0.366 e. The molecule has 33 heavy (non-hydrogen) atoms. The molecule has 0 radical (unpaired) electrons.